The number of hydrogen-bond acceptors (Lipinski definition) is 3. The maximum Gasteiger partial charge on any atom is 0.251 e. The lowest BCUT2D eigenvalue weighted by molar-refractivity contribution is -0.114. The van der Waals surface area contributed by atoms with Gasteiger partial charge in [-0.15, -0.1) is 0 Å². The van der Waals surface area contributed by atoms with Gasteiger partial charge in [0.2, 0.25) is 5.91 Å². The van der Waals surface area contributed by atoms with Crippen molar-refractivity contribution in [2.45, 2.75) is 13.3 Å². The molecule has 0 heterocycles. The van der Waals surface area contributed by atoms with Crippen molar-refractivity contribution in [2.24, 2.45) is 0 Å². The largest absolute Gasteiger partial charge is 0.376 e. The van der Waals surface area contributed by atoms with E-state index in [1.165, 1.54) is 0 Å². The average molecular weight is 380 g/mol. The Morgan fingerprint density at radius 2 is 1.84 bits per heavy atom. The summed E-state index contributed by atoms with van der Waals surface area (Å²) < 4.78 is 0. The van der Waals surface area contributed by atoms with E-state index in [0.29, 0.717) is 33.5 Å². The maximum atomic E-state index is 12.1. The Morgan fingerprint density at radius 3 is 2.60 bits per heavy atom. The highest BCUT2D eigenvalue weighted by Crippen LogP contribution is 2.29. The molecule has 0 fully saturated rings. The van der Waals surface area contributed by atoms with Gasteiger partial charge in [0.15, 0.2) is 0 Å². The van der Waals surface area contributed by atoms with Crippen LogP contribution in [0.2, 0.25) is 10.0 Å². The molecule has 0 spiro atoms. The van der Waals surface area contributed by atoms with Crippen LogP contribution in [0.4, 0.5) is 11.4 Å². The first kappa shape index (κ1) is 19.1. The number of nitrogens with one attached hydrogen (secondary N) is 3. The zero-order chi connectivity index (χ0) is 18.2. The summed E-state index contributed by atoms with van der Waals surface area (Å²) in [4.78, 5) is 24.0. The van der Waals surface area contributed by atoms with E-state index >= 15 is 0 Å². The van der Waals surface area contributed by atoms with Crippen LogP contribution in [0.5, 0.6) is 0 Å². The SMILES string of the molecule is CCCNC(=O)c1cccc(NCC(=O)Nc2cccc(Cl)c2Cl)c1. The zero-order valence-electron chi connectivity index (χ0n) is 13.7. The Kier molecular flexibility index (Phi) is 7.10. The van der Waals surface area contributed by atoms with Crippen molar-refractivity contribution in [3.8, 4) is 0 Å². The van der Waals surface area contributed by atoms with Gasteiger partial charge in [-0.3, -0.25) is 9.59 Å². The van der Waals surface area contributed by atoms with E-state index in [1.807, 2.05) is 6.92 Å². The Hall–Kier alpha value is -2.24. The van der Waals surface area contributed by atoms with Gasteiger partial charge in [-0.2, -0.15) is 0 Å². The third-order valence-electron chi connectivity index (χ3n) is 3.34. The first-order valence-corrected chi connectivity index (χ1v) is 8.63. The van der Waals surface area contributed by atoms with Crippen molar-refractivity contribution in [3.63, 3.8) is 0 Å². The van der Waals surface area contributed by atoms with E-state index in [9.17, 15) is 9.59 Å². The van der Waals surface area contributed by atoms with Gasteiger partial charge in [0, 0.05) is 17.8 Å². The van der Waals surface area contributed by atoms with Crippen LogP contribution in [0.3, 0.4) is 0 Å². The Balaban J connectivity index is 1.93. The molecule has 0 aliphatic rings. The summed E-state index contributed by atoms with van der Waals surface area (Å²) in [5.74, 6) is -0.411. The molecule has 2 rings (SSSR count). The molecule has 2 aromatic rings. The molecule has 2 amide bonds. The topological polar surface area (TPSA) is 70.2 Å². The van der Waals surface area contributed by atoms with Crippen molar-refractivity contribution in [2.75, 3.05) is 23.7 Å². The lowest BCUT2D eigenvalue weighted by Gasteiger charge is -2.11. The van der Waals surface area contributed by atoms with Crippen molar-refractivity contribution in [3.05, 3.63) is 58.1 Å². The second-order valence-corrected chi connectivity index (χ2v) is 6.12. The fourth-order valence-electron chi connectivity index (χ4n) is 2.09. The van der Waals surface area contributed by atoms with E-state index in [4.69, 9.17) is 23.2 Å². The summed E-state index contributed by atoms with van der Waals surface area (Å²) in [6.45, 7) is 2.64. The standard InChI is InChI=1S/C18H19Cl2N3O2/c1-2-9-21-18(25)12-5-3-6-13(10-12)22-11-16(24)23-15-8-4-7-14(19)17(15)20/h3-8,10,22H,2,9,11H2,1H3,(H,21,25)(H,23,24). The highest BCUT2D eigenvalue weighted by atomic mass is 35.5. The van der Waals surface area contributed by atoms with Crippen LogP contribution in [0, 0.1) is 0 Å². The minimum atomic E-state index is -0.273. The molecule has 0 bridgehead atoms. The number of amides is 2. The lowest BCUT2D eigenvalue weighted by atomic mass is 10.2. The monoisotopic (exact) mass is 379 g/mol. The molecule has 0 saturated carbocycles. The molecule has 0 aliphatic carbocycles. The molecule has 0 unspecified atom stereocenters. The van der Waals surface area contributed by atoms with Crippen LogP contribution in [0.15, 0.2) is 42.5 Å². The molecule has 0 radical (unpaired) electrons. The third-order valence-corrected chi connectivity index (χ3v) is 4.16. The quantitative estimate of drug-likeness (QED) is 0.675. The number of carbonyl (C=O) groups is 2. The third kappa shape index (κ3) is 5.66. The number of halogens is 2. The average Bonchev–Trinajstić information content (AvgIpc) is 2.62. The number of rotatable bonds is 7. The predicted octanol–water partition coefficient (Wildman–Crippen LogP) is 4.18. The van der Waals surface area contributed by atoms with Crippen molar-refractivity contribution < 1.29 is 9.59 Å². The van der Waals surface area contributed by atoms with Crippen LogP contribution in [0.25, 0.3) is 0 Å². The van der Waals surface area contributed by atoms with Gasteiger partial charge in [-0.25, -0.2) is 0 Å². The summed E-state index contributed by atoms with van der Waals surface area (Å²) in [7, 11) is 0. The number of benzene rings is 2. The van der Waals surface area contributed by atoms with E-state index < -0.39 is 0 Å². The first-order chi connectivity index (χ1) is 12.0. The van der Waals surface area contributed by atoms with Crippen LogP contribution < -0.4 is 16.0 Å². The van der Waals surface area contributed by atoms with Gasteiger partial charge >= 0.3 is 0 Å². The summed E-state index contributed by atoms with van der Waals surface area (Å²) in [5.41, 5.74) is 1.67. The normalized spacial score (nSPS) is 10.2. The van der Waals surface area contributed by atoms with Crippen LogP contribution in [-0.4, -0.2) is 24.9 Å². The number of anilines is 2. The van der Waals surface area contributed by atoms with Gasteiger partial charge in [-0.1, -0.05) is 42.3 Å². The highest BCUT2D eigenvalue weighted by Gasteiger charge is 2.09. The van der Waals surface area contributed by atoms with Gasteiger partial charge in [-0.05, 0) is 36.8 Å². The summed E-state index contributed by atoms with van der Waals surface area (Å²) in [6.07, 6.45) is 0.871. The second-order valence-electron chi connectivity index (χ2n) is 5.34. The zero-order valence-corrected chi connectivity index (χ0v) is 15.2. The molecule has 5 nitrogen and oxygen atoms in total. The molecule has 7 heteroatoms. The molecule has 132 valence electrons. The highest BCUT2D eigenvalue weighted by molar-refractivity contribution is 6.44. The number of carbonyl (C=O) groups excluding carboxylic acids is 2. The lowest BCUT2D eigenvalue weighted by Crippen LogP contribution is -2.24. The van der Waals surface area contributed by atoms with Crippen molar-refractivity contribution in [1.82, 2.24) is 5.32 Å². The summed E-state index contributed by atoms with van der Waals surface area (Å²) in [5, 5.41) is 9.15. The smallest absolute Gasteiger partial charge is 0.251 e. The fraction of sp³-hybridized carbons (Fsp3) is 0.222. The van der Waals surface area contributed by atoms with Crippen LogP contribution in [-0.2, 0) is 4.79 Å². The molecule has 0 saturated heterocycles. The van der Waals surface area contributed by atoms with E-state index in [0.717, 1.165) is 6.42 Å². The molecule has 25 heavy (non-hydrogen) atoms. The van der Waals surface area contributed by atoms with Gasteiger partial charge in [0.1, 0.15) is 0 Å². The van der Waals surface area contributed by atoms with Gasteiger partial charge in [0.05, 0.1) is 22.3 Å². The van der Waals surface area contributed by atoms with Crippen LogP contribution in [0.1, 0.15) is 23.7 Å². The minimum Gasteiger partial charge on any atom is -0.376 e. The molecule has 0 atom stereocenters. The van der Waals surface area contributed by atoms with E-state index in [2.05, 4.69) is 16.0 Å². The molecule has 0 aromatic heterocycles. The van der Waals surface area contributed by atoms with Crippen molar-refractivity contribution in [1.29, 1.82) is 0 Å². The molecular formula is C18H19Cl2N3O2. The van der Waals surface area contributed by atoms with Gasteiger partial charge < -0.3 is 16.0 Å². The summed E-state index contributed by atoms with van der Waals surface area (Å²) >= 11 is 12.0. The van der Waals surface area contributed by atoms with Crippen LogP contribution >= 0.6 is 23.2 Å². The summed E-state index contributed by atoms with van der Waals surface area (Å²) in [6, 6.07) is 12.0. The Morgan fingerprint density at radius 1 is 1.08 bits per heavy atom. The molecule has 2 aromatic carbocycles. The fourth-order valence-corrected chi connectivity index (χ4v) is 2.44. The molecule has 3 N–H and O–H groups in total. The van der Waals surface area contributed by atoms with E-state index in [1.54, 1.807) is 42.5 Å². The first-order valence-electron chi connectivity index (χ1n) is 7.87. The number of hydrogen-bond donors (Lipinski definition) is 3. The Bertz CT molecular complexity index is 766. The molecule has 0 aliphatic heterocycles. The van der Waals surface area contributed by atoms with E-state index in [-0.39, 0.29) is 18.4 Å². The second kappa shape index (κ2) is 9.30. The molecular weight excluding hydrogens is 361 g/mol. The minimum absolute atomic E-state index is 0.0306. The maximum absolute atomic E-state index is 12.1. The Labute approximate surface area is 156 Å². The predicted molar refractivity (Wildman–Crippen MR) is 103 cm³/mol. The van der Waals surface area contributed by atoms with Gasteiger partial charge in [0.25, 0.3) is 5.91 Å². The van der Waals surface area contributed by atoms with Crippen molar-refractivity contribution >= 4 is 46.4 Å².